The number of hydrogen-bond donors (Lipinski definition) is 1. The van der Waals surface area contributed by atoms with Crippen molar-refractivity contribution in [2.24, 2.45) is 11.3 Å². The zero-order valence-corrected chi connectivity index (χ0v) is 16.0. The van der Waals surface area contributed by atoms with Crippen LogP contribution in [0.25, 0.3) is 0 Å². The van der Waals surface area contributed by atoms with E-state index in [-0.39, 0.29) is 11.3 Å². The summed E-state index contributed by atoms with van der Waals surface area (Å²) >= 11 is 1.57. The van der Waals surface area contributed by atoms with E-state index in [4.69, 9.17) is 4.42 Å². The molecule has 0 bridgehead atoms. The molecule has 4 rings (SSSR count). The second-order valence-electron chi connectivity index (χ2n) is 7.64. The van der Waals surface area contributed by atoms with Gasteiger partial charge in [0.05, 0.1) is 25.1 Å². The third-order valence-corrected chi connectivity index (χ3v) is 6.89. The van der Waals surface area contributed by atoms with Gasteiger partial charge in [-0.25, -0.2) is 0 Å². The van der Waals surface area contributed by atoms with Gasteiger partial charge in [0.2, 0.25) is 5.91 Å². The molecule has 1 N–H and O–H groups in total. The zero-order chi connectivity index (χ0) is 18.9. The molecule has 1 unspecified atom stereocenters. The van der Waals surface area contributed by atoms with Crippen molar-refractivity contribution in [2.75, 3.05) is 26.2 Å². The van der Waals surface area contributed by atoms with E-state index in [1.807, 2.05) is 29.6 Å². The van der Waals surface area contributed by atoms with Crippen molar-refractivity contribution in [1.82, 2.24) is 9.80 Å². The molecule has 2 fully saturated rings. The third-order valence-electron chi connectivity index (χ3n) is 6.02. The van der Waals surface area contributed by atoms with E-state index in [0.29, 0.717) is 19.5 Å². The van der Waals surface area contributed by atoms with Crippen LogP contribution in [0.3, 0.4) is 0 Å². The van der Waals surface area contributed by atoms with Gasteiger partial charge >= 0.3 is 5.97 Å². The van der Waals surface area contributed by atoms with Crippen LogP contribution >= 0.6 is 11.3 Å². The Bertz CT molecular complexity index is 779. The standard InChI is InChI=1S/C20H24N2O4S/c23-18(11-16-4-2-10-27-16)22-13-17(19(24)25)20(14-22)5-7-21(8-6-20)12-15-3-1-9-26-15/h1-4,9-10,17H,5-8,11-14H2,(H,24,25). The minimum absolute atomic E-state index is 0.0404. The van der Waals surface area contributed by atoms with Crippen molar-refractivity contribution in [3.05, 3.63) is 46.5 Å². The Hall–Kier alpha value is -2.12. The van der Waals surface area contributed by atoms with Gasteiger partial charge in [-0.3, -0.25) is 14.5 Å². The molecule has 7 heteroatoms. The lowest BCUT2D eigenvalue weighted by Crippen LogP contribution is -2.46. The normalized spacial score (nSPS) is 22.4. The van der Waals surface area contributed by atoms with Crippen LogP contribution in [0, 0.1) is 11.3 Å². The number of aliphatic carboxylic acids is 1. The molecule has 2 saturated heterocycles. The van der Waals surface area contributed by atoms with Gasteiger partial charge in [0.1, 0.15) is 5.76 Å². The lowest BCUT2D eigenvalue weighted by Gasteiger charge is -2.41. The van der Waals surface area contributed by atoms with Crippen LogP contribution in [0.15, 0.2) is 40.3 Å². The maximum Gasteiger partial charge on any atom is 0.308 e. The van der Waals surface area contributed by atoms with E-state index < -0.39 is 11.9 Å². The Morgan fingerprint density at radius 3 is 2.70 bits per heavy atom. The van der Waals surface area contributed by atoms with Gasteiger partial charge in [0, 0.05) is 23.4 Å². The second kappa shape index (κ2) is 7.48. The molecular weight excluding hydrogens is 364 g/mol. The summed E-state index contributed by atoms with van der Waals surface area (Å²) in [6.07, 6.45) is 3.64. The predicted molar refractivity (Wildman–Crippen MR) is 101 cm³/mol. The largest absolute Gasteiger partial charge is 0.481 e. The topological polar surface area (TPSA) is 74.0 Å². The number of nitrogens with zero attached hydrogens (tertiary/aromatic N) is 2. The molecule has 0 saturated carbocycles. The lowest BCUT2D eigenvalue weighted by atomic mass is 9.71. The summed E-state index contributed by atoms with van der Waals surface area (Å²) in [5.74, 6) is -0.282. The summed E-state index contributed by atoms with van der Waals surface area (Å²) in [5.41, 5.74) is -0.309. The van der Waals surface area contributed by atoms with Crippen LogP contribution in [-0.4, -0.2) is 53.0 Å². The van der Waals surface area contributed by atoms with Crippen LogP contribution in [0.2, 0.25) is 0 Å². The van der Waals surface area contributed by atoms with E-state index in [9.17, 15) is 14.7 Å². The van der Waals surface area contributed by atoms with Gasteiger partial charge in [0.25, 0.3) is 0 Å². The molecule has 1 amide bonds. The Morgan fingerprint density at radius 1 is 1.26 bits per heavy atom. The SMILES string of the molecule is O=C(O)C1CN(C(=O)Cc2cccs2)CC12CCN(Cc1ccco1)CC2. The quantitative estimate of drug-likeness (QED) is 0.853. The van der Waals surface area contributed by atoms with Gasteiger partial charge in [-0.05, 0) is 49.5 Å². The third kappa shape index (κ3) is 3.80. The molecule has 6 nitrogen and oxygen atoms in total. The highest BCUT2D eigenvalue weighted by Crippen LogP contribution is 2.45. The first-order valence-corrected chi connectivity index (χ1v) is 10.2. The molecule has 144 valence electrons. The number of carboxylic acids is 1. The number of rotatable bonds is 5. The van der Waals surface area contributed by atoms with Crippen LogP contribution in [0.5, 0.6) is 0 Å². The number of furan rings is 1. The Kier molecular flexibility index (Phi) is 5.06. The molecular formula is C20H24N2O4S. The molecule has 2 aliphatic heterocycles. The molecule has 2 aliphatic rings. The summed E-state index contributed by atoms with van der Waals surface area (Å²) in [4.78, 5) is 29.7. The molecule has 1 atom stereocenters. The summed E-state index contributed by atoms with van der Waals surface area (Å²) < 4.78 is 5.42. The van der Waals surface area contributed by atoms with Crippen molar-refractivity contribution < 1.29 is 19.1 Å². The molecule has 27 heavy (non-hydrogen) atoms. The number of likely N-dealkylation sites (tertiary alicyclic amines) is 2. The number of carboxylic acid groups (broad SMARTS) is 1. The van der Waals surface area contributed by atoms with Gasteiger partial charge in [-0.1, -0.05) is 6.07 Å². The van der Waals surface area contributed by atoms with Gasteiger partial charge in [-0.2, -0.15) is 0 Å². The van der Waals surface area contributed by atoms with E-state index in [1.54, 1.807) is 22.5 Å². The van der Waals surface area contributed by atoms with Gasteiger partial charge < -0.3 is 14.4 Å². The number of carbonyl (C=O) groups excluding carboxylic acids is 1. The number of piperidine rings is 1. The Balaban J connectivity index is 1.41. The average Bonchev–Trinajstić information content (AvgIpc) is 3.39. The summed E-state index contributed by atoms with van der Waals surface area (Å²) in [5, 5.41) is 11.8. The van der Waals surface area contributed by atoms with E-state index in [0.717, 1.165) is 43.1 Å². The van der Waals surface area contributed by atoms with E-state index in [1.165, 1.54) is 0 Å². The molecule has 0 aliphatic carbocycles. The molecule has 4 heterocycles. The molecule has 1 spiro atoms. The highest BCUT2D eigenvalue weighted by molar-refractivity contribution is 7.10. The predicted octanol–water partition coefficient (Wildman–Crippen LogP) is 2.71. The first kappa shape index (κ1) is 18.3. The van der Waals surface area contributed by atoms with Crippen molar-refractivity contribution in [2.45, 2.75) is 25.8 Å². The van der Waals surface area contributed by atoms with Gasteiger partial charge in [0.15, 0.2) is 0 Å². The van der Waals surface area contributed by atoms with Crippen LogP contribution in [-0.2, 0) is 22.6 Å². The van der Waals surface area contributed by atoms with Crippen molar-refractivity contribution >= 4 is 23.2 Å². The lowest BCUT2D eigenvalue weighted by molar-refractivity contribution is -0.146. The smallest absolute Gasteiger partial charge is 0.308 e. The fourth-order valence-corrected chi connectivity index (χ4v) is 5.15. The maximum absolute atomic E-state index is 12.7. The summed E-state index contributed by atoms with van der Waals surface area (Å²) in [6, 6.07) is 7.74. The second-order valence-corrected chi connectivity index (χ2v) is 8.67. The van der Waals surface area contributed by atoms with Crippen LogP contribution in [0.4, 0.5) is 0 Å². The monoisotopic (exact) mass is 388 g/mol. The zero-order valence-electron chi connectivity index (χ0n) is 15.2. The fraction of sp³-hybridized carbons (Fsp3) is 0.500. The summed E-state index contributed by atoms with van der Waals surface area (Å²) in [7, 11) is 0. The van der Waals surface area contributed by atoms with Gasteiger partial charge in [-0.15, -0.1) is 11.3 Å². The number of amides is 1. The highest BCUT2D eigenvalue weighted by atomic mass is 32.1. The minimum Gasteiger partial charge on any atom is -0.481 e. The summed E-state index contributed by atoms with van der Waals surface area (Å²) in [6.45, 7) is 3.30. The molecule has 0 aromatic carbocycles. The molecule has 2 aromatic heterocycles. The molecule has 0 radical (unpaired) electrons. The minimum atomic E-state index is -0.777. The van der Waals surface area contributed by atoms with Crippen molar-refractivity contribution in [1.29, 1.82) is 0 Å². The number of hydrogen-bond acceptors (Lipinski definition) is 5. The van der Waals surface area contributed by atoms with Crippen LogP contribution < -0.4 is 0 Å². The number of thiophene rings is 1. The Labute approximate surface area is 162 Å². The Morgan fingerprint density at radius 2 is 2.07 bits per heavy atom. The number of carbonyl (C=O) groups is 2. The first-order valence-electron chi connectivity index (χ1n) is 9.33. The molecule has 2 aromatic rings. The van der Waals surface area contributed by atoms with E-state index in [2.05, 4.69) is 4.90 Å². The van der Waals surface area contributed by atoms with Crippen LogP contribution in [0.1, 0.15) is 23.5 Å². The fourth-order valence-electron chi connectivity index (χ4n) is 4.46. The van der Waals surface area contributed by atoms with Crippen molar-refractivity contribution in [3.63, 3.8) is 0 Å². The van der Waals surface area contributed by atoms with E-state index >= 15 is 0 Å². The van der Waals surface area contributed by atoms with Crippen molar-refractivity contribution in [3.8, 4) is 0 Å². The highest BCUT2D eigenvalue weighted by Gasteiger charge is 2.52. The average molecular weight is 388 g/mol. The first-order chi connectivity index (χ1) is 13.1. The maximum atomic E-state index is 12.7.